The van der Waals surface area contributed by atoms with Gasteiger partial charge in [-0.1, -0.05) is 35.9 Å². The molecule has 0 N–H and O–H groups in total. The molecule has 412 valence electrons. The second-order valence-electron chi connectivity index (χ2n) is 18.9. The third kappa shape index (κ3) is 12.5. The van der Waals surface area contributed by atoms with Crippen LogP contribution < -0.4 is 22.5 Å². The van der Waals surface area contributed by atoms with Gasteiger partial charge in [0.05, 0.1) is 37.0 Å². The third-order valence-electron chi connectivity index (χ3n) is 13.6. The zero-order valence-electron chi connectivity index (χ0n) is 43.8. The Morgan fingerprint density at radius 1 is 0.603 bits per heavy atom. The van der Waals surface area contributed by atoms with Gasteiger partial charge in [0.2, 0.25) is 0 Å². The number of halogens is 4. The fourth-order valence-corrected chi connectivity index (χ4v) is 10.2. The Morgan fingerprint density at radius 2 is 1.04 bits per heavy atom. The highest BCUT2D eigenvalue weighted by molar-refractivity contribution is 9.10. The predicted octanol–water partition coefficient (Wildman–Crippen LogP) is 7.95. The molecule has 2 aliphatic rings. The molecule has 0 spiro atoms. The number of aryl methyl sites for hydroxylation is 4. The van der Waals surface area contributed by atoms with Gasteiger partial charge in [-0.3, -0.25) is 27.9 Å². The van der Waals surface area contributed by atoms with E-state index in [0.29, 0.717) is 91.4 Å². The Kier molecular flexibility index (Phi) is 18.3. The van der Waals surface area contributed by atoms with Crippen molar-refractivity contribution in [1.82, 2.24) is 57.3 Å². The van der Waals surface area contributed by atoms with Gasteiger partial charge in [0.1, 0.15) is 32.8 Å². The van der Waals surface area contributed by atoms with Gasteiger partial charge in [-0.25, -0.2) is 48.3 Å². The summed E-state index contributed by atoms with van der Waals surface area (Å²) in [5.74, 6) is 0.0512. The van der Waals surface area contributed by atoms with Crippen molar-refractivity contribution in [2.75, 3.05) is 26.4 Å². The smallest absolute Gasteiger partial charge is 0.332 e. The van der Waals surface area contributed by atoms with Crippen molar-refractivity contribution in [3.63, 3.8) is 0 Å². The van der Waals surface area contributed by atoms with Crippen LogP contribution in [-0.4, -0.2) is 96.3 Å². The maximum atomic E-state index is 13.9. The molecular weight excluding hydrogens is 1100 g/mol. The summed E-state index contributed by atoms with van der Waals surface area (Å²) in [6, 6.07) is 12.1. The lowest BCUT2D eigenvalue weighted by atomic mass is 10.2. The maximum absolute atomic E-state index is 13.9. The average Bonchev–Trinajstić information content (AvgIpc) is 4.20. The highest BCUT2D eigenvalue weighted by Gasteiger charge is 2.27. The van der Waals surface area contributed by atoms with Crippen molar-refractivity contribution in [1.29, 1.82) is 0 Å². The monoisotopic (exact) mass is 1160 g/mol. The normalized spacial score (nSPS) is 15.7. The van der Waals surface area contributed by atoms with Crippen LogP contribution in [0.3, 0.4) is 0 Å². The highest BCUT2D eigenvalue weighted by Crippen LogP contribution is 2.28. The molecule has 0 saturated carbocycles. The molecule has 2 saturated heterocycles. The quantitative estimate of drug-likeness (QED) is 0.0747. The van der Waals surface area contributed by atoms with E-state index in [9.17, 15) is 28.0 Å². The van der Waals surface area contributed by atoms with Crippen molar-refractivity contribution >= 4 is 49.9 Å². The second-order valence-corrected chi connectivity index (χ2v) is 20.1. The van der Waals surface area contributed by atoms with Crippen molar-refractivity contribution in [3.8, 4) is 23.0 Å². The summed E-state index contributed by atoms with van der Waals surface area (Å²) >= 11 is 9.38. The van der Waals surface area contributed by atoms with Crippen LogP contribution in [0.25, 0.3) is 45.4 Å². The first-order valence-electron chi connectivity index (χ1n) is 26.2. The van der Waals surface area contributed by atoms with Crippen LogP contribution in [0.4, 0.5) is 8.78 Å². The van der Waals surface area contributed by atoms with Crippen LogP contribution in [0.1, 0.15) is 87.7 Å². The molecule has 2 aliphatic heterocycles. The van der Waals surface area contributed by atoms with Gasteiger partial charge in [-0.05, 0) is 130 Å². The van der Waals surface area contributed by atoms with Crippen molar-refractivity contribution in [3.05, 3.63) is 147 Å². The summed E-state index contributed by atoms with van der Waals surface area (Å²) in [6.45, 7) is 10.7. The largest absolute Gasteiger partial charge is 0.353 e. The Morgan fingerprint density at radius 3 is 1.44 bits per heavy atom. The summed E-state index contributed by atoms with van der Waals surface area (Å²) in [6.07, 6.45) is 9.29. The second kappa shape index (κ2) is 25.4. The molecule has 0 amide bonds. The number of aromatic nitrogens is 12. The maximum Gasteiger partial charge on any atom is 0.332 e. The van der Waals surface area contributed by atoms with Crippen molar-refractivity contribution < 1.29 is 27.7 Å². The van der Waals surface area contributed by atoms with E-state index >= 15 is 0 Å². The topological polar surface area (TPSA) is 212 Å². The number of imidazole rings is 2. The zero-order valence-corrected chi connectivity index (χ0v) is 46.1. The molecule has 10 rings (SSSR count). The lowest BCUT2D eigenvalue weighted by Gasteiger charge is -2.22. The van der Waals surface area contributed by atoms with Gasteiger partial charge in [-0.2, -0.15) is 0 Å². The Labute approximate surface area is 459 Å². The van der Waals surface area contributed by atoms with Gasteiger partial charge in [0.15, 0.2) is 46.6 Å². The first kappa shape index (κ1) is 56.1. The summed E-state index contributed by atoms with van der Waals surface area (Å²) in [7, 11) is 0. The van der Waals surface area contributed by atoms with E-state index in [1.54, 1.807) is 53.4 Å². The Hall–Kier alpha value is -6.63. The molecule has 24 heteroatoms. The number of hydrogen-bond acceptors (Lipinski definition) is 14. The predicted molar refractivity (Wildman–Crippen MR) is 291 cm³/mol. The molecule has 0 bridgehead atoms. The lowest BCUT2D eigenvalue weighted by Crippen LogP contribution is -2.40. The minimum absolute atomic E-state index is 0.178. The van der Waals surface area contributed by atoms with E-state index in [0.717, 1.165) is 49.7 Å². The molecule has 0 radical (unpaired) electrons. The molecular formula is C54H60BrClF2N12O8. The van der Waals surface area contributed by atoms with Gasteiger partial charge in [-0.15, -0.1) is 0 Å². The van der Waals surface area contributed by atoms with Crippen LogP contribution in [0.5, 0.6) is 0 Å². The van der Waals surface area contributed by atoms with Crippen molar-refractivity contribution in [2.24, 2.45) is 0 Å². The molecule has 0 aliphatic carbocycles. The number of nitrogens with zero attached hydrogens (tertiary/aromatic N) is 12. The number of fused-ring (bicyclic) bond motifs is 2. The van der Waals surface area contributed by atoms with Crippen LogP contribution in [-0.2, 0) is 58.2 Å². The zero-order chi connectivity index (χ0) is 55.0. The van der Waals surface area contributed by atoms with E-state index in [2.05, 4.69) is 35.9 Å². The average molecular weight is 1160 g/mol. The van der Waals surface area contributed by atoms with E-state index < -0.39 is 22.5 Å². The number of benzene rings is 2. The molecule has 2 aromatic carbocycles. The van der Waals surface area contributed by atoms with Gasteiger partial charge >= 0.3 is 11.4 Å². The minimum Gasteiger partial charge on any atom is -0.353 e. The fourth-order valence-electron chi connectivity index (χ4n) is 9.67. The first-order chi connectivity index (χ1) is 37.7. The SMILES string of the molecule is CCn1c(=O)n(CCCOC2CCCCO2)c(=O)c2c1nc(-c1ncc(Br)nc1C)n2Cc1ccc(F)cc1.CCn1c(=O)n(CCCOC2CCCCO2)c(=O)c2c1nc(-c1ncc(Cl)nc1C)n2Cc1ccc(F)cc1. The summed E-state index contributed by atoms with van der Waals surface area (Å²) in [5.41, 5.74) is 2.82. The van der Waals surface area contributed by atoms with Crippen molar-refractivity contribution in [2.45, 2.75) is 131 Å². The lowest BCUT2D eigenvalue weighted by molar-refractivity contribution is -0.163. The van der Waals surface area contributed by atoms with Crippen LogP contribution in [0.2, 0.25) is 5.15 Å². The van der Waals surface area contributed by atoms with Crippen LogP contribution >= 0.6 is 27.5 Å². The Bertz CT molecular complexity index is 3420. The van der Waals surface area contributed by atoms with Crippen LogP contribution in [0, 0.1) is 25.5 Å². The molecule has 8 aromatic rings. The molecule has 2 fully saturated rings. The van der Waals surface area contributed by atoms with E-state index in [4.69, 9.17) is 40.5 Å². The third-order valence-corrected chi connectivity index (χ3v) is 14.1. The standard InChI is InChI=1S/C27H30BrFN6O4.C27H30ClFN6O4/c2*1-3-33-25-23(26(36)34(27(33)37)12-6-14-39-21-7-4-5-13-38-21)35(16-18-8-10-19(29)11-9-18)24(32-25)22-17(2)31-20(28)15-30-22/h2*8-11,15,21H,3-7,12-14,16H2,1-2H3. The minimum atomic E-state index is -0.464. The number of hydrogen-bond donors (Lipinski definition) is 0. The van der Waals surface area contributed by atoms with Gasteiger partial charge in [0, 0.05) is 52.5 Å². The van der Waals surface area contributed by atoms with E-state index in [1.165, 1.54) is 48.7 Å². The molecule has 8 heterocycles. The first-order valence-corrected chi connectivity index (χ1v) is 27.3. The molecule has 20 nitrogen and oxygen atoms in total. The molecule has 6 aromatic heterocycles. The number of rotatable bonds is 18. The number of ether oxygens (including phenoxy) is 4. The molecule has 2 atom stereocenters. The van der Waals surface area contributed by atoms with E-state index in [-0.39, 0.29) is 77.9 Å². The Balaban J connectivity index is 0.000000190. The van der Waals surface area contributed by atoms with E-state index in [1.807, 2.05) is 13.8 Å². The fraction of sp³-hybridized carbons (Fsp3) is 0.444. The molecule has 2 unspecified atom stereocenters. The summed E-state index contributed by atoms with van der Waals surface area (Å²) in [5, 5.41) is 0.228. The summed E-state index contributed by atoms with van der Waals surface area (Å²) < 4.78 is 59.5. The highest BCUT2D eigenvalue weighted by atomic mass is 79.9. The van der Waals surface area contributed by atoms with Crippen LogP contribution in [0.15, 0.2) is 84.7 Å². The van der Waals surface area contributed by atoms with Gasteiger partial charge < -0.3 is 28.1 Å². The molecule has 78 heavy (non-hydrogen) atoms. The van der Waals surface area contributed by atoms with Gasteiger partial charge in [0.25, 0.3) is 11.1 Å². The summed E-state index contributed by atoms with van der Waals surface area (Å²) in [4.78, 5) is 81.8.